The Labute approximate surface area is 193 Å². The molecular formula is C22H31ClN6O3. The molecule has 9 nitrogen and oxygen atoms in total. The Bertz CT molecular complexity index is 959. The summed E-state index contributed by atoms with van der Waals surface area (Å²) in [6, 6.07) is 4.46. The largest absolute Gasteiger partial charge is 0.383 e. The Balaban J connectivity index is 1.75. The molecule has 0 aliphatic carbocycles. The molecule has 1 fully saturated rings. The van der Waals surface area contributed by atoms with Crippen molar-refractivity contribution in [2.75, 3.05) is 0 Å². The van der Waals surface area contributed by atoms with Crippen LogP contribution in [-0.4, -0.2) is 60.2 Å². The predicted molar refractivity (Wildman–Crippen MR) is 120 cm³/mol. The van der Waals surface area contributed by atoms with Crippen LogP contribution in [0.5, 0.6) is 0 Å². The first-order chi connectivity index (χ1) is 15.0. The van der Waals surface area contributed by atoms with Crippen LogP contribution in [-0.2, 0) is 16.1 Å². The number of nitrogens with one attached hydrogen (secondary N) is 1. The second kappa shape index (κ2) is 9.54. The van der Waals surface area contributed by atoms with Crippen LogP contribution in [0.2, 0.25) is 5.02 Å². The van der Waals surface area contributed by atoms with Crippen molar-refractivity contribution in [2.24, 2.45) is 11.3 Å². The Kier molecular flexibility index (Phi) is 7.19. The maximum Gasteiger partial charge on any atom is 0.252 e. The average Bonchev–Trinajstić information content (AvgIpc) is 3.33. The van der Waals surface area contributed by atoms with E-state index in [9.17, 15) is 14.7 Å². The lowest BCUT2D eigenvalue weighted by atomic mass is 9.88. The smallest absolute Gasteiger partial charge is 0.252 e. The Morgan fingerprint density at radius 2 is 2.03 bits per heavy atom. The third-order valence-electron chi connectivity index (χ3n) is 5.93. The molecule has 0 saturated carbocycles. The van der Waals surface area contributed by atoms with Crippen molar-refractivity contribution in [3.8, 4) is 5.69 Å². The molecule has 10 heteroatoms. The van der Waals surface area contributed by atoms with Gasteiger partial charge < -0.3 is 15.3 Å². The SMILES string of the molecule is CC1[C@@H](C)C[C@@H](C(=O)NCc2cc(Cl)ccc2-n2cnnn2)N1C(=O)[C@H](O)CC(C)(C)C. The summed E-state index contributed by atoms with van der Waals surface area (Å²) in [6.45, 7) is 10.0. The molecule has 2 heterocycles. The molecule has 1 aliphatic rings. The second-order valence-electron chi connectivity index (χ2n) is 9.74. The highest BCUT2D eigenvalue weighted by Gasteiger charge is 2.44. The molecule has 2 N–H and O–H groups in total. The van der Waals surface area contributed by atoms with E-state index in [1.807, 2.05) is 34.6 Å². The Morgan fingerprint density at radius 1 is 1.31 bits per heavy atom. The van der Waals surface area contributed by atoms with Gasteiger partial charge in [-0.2, -0.15) is 0 Å². The van der Waals surface area contributed by atoms with E-state index >= 15 is 0 Å². The second-order valence-corrected chi connectivity index (χ2v) is 10.2. The summed E-state index contributed by atoms with van der Waals surface area (Å²) in [6.07, 6.45) is 1.19. The predicted octanol–water partition coefficient (Wildman–Crippen LogP) is 2.35. The van der Waals surface area contributed by atoms with E-state index in [1.165, 1.54) is 11.0 Å². The maximum atomic E-state index is 13.1. The number of aliphatic hydroxyl groups excluding tert-OH is 1. The normalized spacial score (nSPS) is 22.1. The summed E-state index contributed by atoms with van der Waals surface area (Å²) in [5, 5.41) is 25.2. The minimum atomic E-state index is -1.14. The Morgan fingerprint density at radius 3 is 2.66 bits per heavy atom. The molecule has 174 valence electrons. The summed E-state index contributed by atoms with van der Waals surface area (Å²) < 4.78 is 1.50. The minimum Gasteiger partial charge on any atom is -0.383 e. The van der Waals surface area contributed by atoms with Crippen molar-refractivity contribution >= 4 is 23.4 Å². The van der Waals surface area contributed by atoms with Crippen LogP contribution in [0, 0.1) is 11.3 Å². The van der Waals surface area contributed by atoms with Gasteiger partial charge in [0.25, 0.3) is 5.91 Å². The summed E-state index contributed by atoms with van der Waals surface area (Å²) in [7, 11) is 0. The highest BCUT2D eigenvalue weighted by molar-refractivity contribution is 6.30. The van der Waals surface area contributed by atoms with Crippen LogP contribution in [0.1, 0.15) is 53.0 Å². The van der Waals surface area contributed by atoms with Gasteiger partial charge in [-0.15, -0.1) is 5.10 Å². The van der Waals surface area contributed by atoms with Crippen LogP contribution in [0.3, 0.4) is 0 Å². The highest BCUT2D eigenvalue weighted by atomic mass is 35.5. The molecule has 0 bridgehead atoms. The lowest BCUT2D eigenvalue weighted by Gasteiger charge is -2.32. The van der Waals surface area contributed by atoms with Crippen molar-refractivity contribution in [1.29, 1.82) is 0 Å². The van der Waals surface area contributed by atoms with Crippen LogP contribution in [0.15, 0.2) is 24.5 Å². The molecule has 2 amide bonds. The summed E-state index contributed by atoms with van der Waals surface area (Å²) in [5.41, 5.74) is 1.23. The molecule has 2 aromatic rings. The monoisotopic (exact) mass is 462 g/mol. The first-order valence-corrected chi connectivity index (χ1v) is 11.2. The number of carbonyl (C=O) groups excluding carboxylic acids is 2. The molecule has 1 unspecified atom stereocenters. The quantitative estimate of drug-likeness (QED) is 0.681. The number of halogens is 1. The van der Waals surface area contributed by atoms with Crippen molar-refractivity contribution in [3.63, 3.8) is 0 Å². The fourth-order valence-corrected chi connectivity index (χ4v) is 4.33. The molecule has 0 spiro atoms. The molecule has 1 aliphatic heterocycles. The zero-order valence-corrected chi connectivity index (χ0v) is 19.9. The van der Waals surface area contributed by atoms with Crippen molar-refractivity contribution < 1.29 is 14.7 Å². The van der Waals surface area contributed by atoms with Gasteiger partial charge in [-0.25, -0.2) is 4.68 Å². The molecule has 1 saturated heterocycles. The zero-order chi connectivity index (χ0) is 23.6. The number of tetrazole rings is 1. The molecule has 3 rings (SSSR count). The van der Waals surface area contributed by atoms with E-state index < -0.39 is 18.1 Å². The maximum absolute atomic E-state index is 13.1. The van der Waals surface area contributed by atoms with Crippen LogP contribution < -0.4 is 5.32 Å². The third kappa shape index (κ3) is 5.45. The van der Waals surface area contributed by atoms with Gasteiger partial charge in [0.05, 0.1) is 5.69 Å². The van der Waals surface area contributed by atoms with Gasteiger partial charge >= 0.3 is 0 Å². The first kappa shape index (κ1) is 24.1. The van der Waals surface area contributed by atoms with E-state index in [4.69, 9.17) is 11.6 Å². The van der Waals surface area contributed by atoms with Gasteiger partial charge in [-0.05, 0) is 65.3 Å². The standard InChI is InChI=1S/C22H31ClN6O3/c1-13-8-18(29(14(13)2)21(32)19(30)10-22(3,4)5)20(31)24-11-15-9-16(23)6-7-17(15)28-12-25-26-27-28/h6-7,9,12-14,18-19,30H,8,10-11H2,1-5H3,(H,24,31)/t13-,14?,18-,19+/m0/s1. The van der Waals surface area contributed by atoms with Gasteiger partial charge in [0, 0.05) is 17.6 Å². The number of aliphatic hydroxyl groups is 1. The Hall–Kier alpha value is -2.52. The zero-order valence-electron chi connectivity index (χ0n) is 19.1. The van der Waals surface area contributed by atoms with E-state index in [1.54, 1.807) is 23.1 Å². The number of rotatable bonds is 6. The molecule has 32 heavy (non-hydrogen) atoms. The average molecular weight is 463 g/mol. The fraction of sp³-hybridized carbons (Fsp3) is 0.591. The van der Waals surface area contributed by atoms with E-state index in [-0.39, 0.29) is 29.8 Å². The number of likely N-dealkylation sites (tertiary alicyclic amines) is 1. The molecular weight excluding hydrogens is 432 g/mol. The number of aromatic nitrogens is 4. The lowest BCUT2D eigenvalue weighted by Crippen LogP contribution is -2.52. The number of amides is 2. The van der Waals surface area contributed by atoms with Crippen molar-refractivity contribution in [3.05, 3.63) is 35.1 Å². The van der Waals surface area contributed by atoms with Gasteiger partial charge in [-0.3, -0.25) is 9.59 Å². The minimum absolute atomic E-state index is 0.138. The third-order valence-corrected chi connectivity index (χ3v) is 6.17. The van der Waals surface area contributed by atoms with Crippen LogP contribution in [0.25, 0.3) is 5.69 Å². The number of hydrogen-bond donors (Lipinski definition) is 2. The van der Waals surface area contributed by atoms with Gasteiger partial charge in [0.15, 0.2) is 0 Å². The summed E-state index contributed by atoms with van der Waals surface area (Å²) >= 11 is 6.16. The van der Waals surface area contributed by atoms with Crippen LogP contribution >= 0.6 is 11.6 Å². The van der Waals surface area contributed by atoms with E-state index in [0.29, 0.717) is 23.6 Å². The van der Waals surface area contributed by atoms with Gasteiger partial charge in [0.2, 0.25) is 5.91 Å². The van der Waals surface area contributed by atoms with Gasteiger partial charge in [-0.1, -0.05) is 39.3 Å². The fourth-order valence-electron chi connectivity index (χ4n) is 4.14. The number of carbonyl (C=O) groups is 2. The van der Waals surface area contributed by atoms with Crippen molar-refractivity contribution in [1.82, 2.24) is 30.4 Å². The molecule has 0 radical (unpaired) electrons. The topological polar surface area (TPSA) is 113 Å². The van der Waals surface area contributed by atoms with E-state index in [2.05, 4.69) is 20.8 Å². The van der Waals surface area contributed by atoms with Crippen molar-refractivity contribution in [2.45, 2.75) is 72.2 Å². The number of nitrogens with zero attached hydrogens (tertiary/aromatic N) is 5. The van der Waals surface area contributed by atoms with Gasteiger partial charge in [0.1, 0.15) is 18.5 Å². The lowest BCUT2D eigenvalue weighted by molar-refractivity contribution is -0.148. The van der Waals surface area contributed by atoms with E-state index in [0.717, 1.165) is 5.56 Å². The summed E-state index contributed by atoms with van der Waals surface area (Å²) in [5.74, 6) is -0.520. The summed E-state index contributed by atoms with van der Waals surface area (Å²) in [4.78, 5) is 27.8. The number of hydrogen-bond acceptors (Lipinski definition) is 6. The molecule has 4 atom stereocenters. The first-order valence-electron chi connectivity index (χ1n) is 10.8. The number of benzene rings is 1. The highest BCUT2D eigenvalue weighted by Crippen LogP contribution is 2.32. The molecule has 1 aromatic heterocycles. The molecule has 1 aromatic carbocycles. The van der Waals surface area contributed by atoms with Crippen LogP contribution in [0.4, 0.5) is 0 Å².